The van der Waals surface area contributed by atoms with Gasteiger partial charge in [0.05, 0.1) is 12.2 Å². The van der Waals surface area contributed by atoms with Crippen molar-refractivity contribution in [1.29, 1.82) is 0 Å². The first-order valence-corrected chi connectivity index (χ1v) is 8.07. The van der Waals surface area contributed by atoms with Crippen molar-refractivity contribution in [2.24, 2.45) is 5.92 Å². The number of rotatable bonds is 4. The molecule has 1 fully saturated rings. The minimum atomic E-state index is 0.0208. The van der Waals surface area contributed by atoms with Crippen LogP contribution in [0, 0.1) is 19.8 Å². The molecule has 0 radical (unpaired) electrons. The van der Waals surface area contributed by atoms with Crippen molar-refractivity contribution >= 4 is 17.2 Å². The van der Waals surface area contributed by atoms with Crippen molar-refractivity contribution in [3.05, 3.63) is 40.5 Å². The van der Waals surface area contributed by atoms with Crippen LogP contribution in [0.25, 0.3) is 5.00 Å². The second-order valence-electron chi connectivity index (χ2n) is 5.49. The number of hydrogen-bond donors (Lipinski definition) is 1. The van der Waals surface area contributed by atoms with Crippen LogP contribution in [0.3, 0.4) is 0 Å². The third kappa shape index (κ3) is 2.89. The van der Waals surface area contributed by atoms with E-state index in [9.17, 15) is 4.79 Å². The van der Waals surface area contributed by atoms with Gasteiger partial charge in [0, 0.05) is 36.3 Å². The van der Waals surface area contributed by atoms with Gasteiger partial charge in [0.25, 0.3) is 5.91 Å². The summed E-state index contributed by atoms with van der Waals surface area (Å²) < 4.78 is 7.36. The summed E-state index contributed by atoms with van der Waals surface area (Å²) in [6.07, 6.45) is 4.99. The van der Waals surface area contributed by atoms with Crippen LogP contribution >= 0.6 is 11.3 Å². The minimum absolute atomic E-state index is 0.0208. The highest BCUT2D eigenvalue weighted by atomic mass is 32.1. The van der Waals surface area contributed by atoms with E-state index in [1.54, 1.807) is 11.3 Å². The van der Waals surface area contributed by atoms with Gasteiger partial charge >= 0.3 is 0 Å². The van der Waals surface area contributed by atoms with E-state index in [1.807, 2.05) is 36.0 Å². The van der Waals surface area contributed by atoms with Crippen LogP contribution < -0.4 is 5.32 Å². The molecule has 0 saturated carbocycles. The van der Waals surface area contributed by atoms with E-state index in [2.05, 4.69) is 12.2 Å². The Hall–Kier alpha value is -1.59. The Kier molecular flexibility index (Phi) is 4.12. The van der Waals surface area contributed by atoms with Crippen LogP contribution in [0.5, 0.6) is 0 Å². The average Bonchev–Trinajstić information content (AvgIpc) is 3.19. The molecule has 1 amide bonds. The van der Waals surface area contributed by atoms with Crippen molar-refractivity contribution in [1.82, 2.24) is 9.88 Å². The van der Waals surface area contributed by atoms with Gasteiger partial charge in [0.15, 0.2) is 0 Å². The summed E-state index contributed by atoms with van der Waals surface area (Å²) in [5.74, 6) is 0.469. The first-order chi connectivity index (χ1) is 10.2. The minimum Gasteiger partial charge on any atom is -0.381 e. The molecule has 0 unspecified atom stereocenters. The predicted molar refractivity (Wildman–Crippen MR) is 84.4 cm³/mol. The first kappa shape index (κ1) is 14.4. The molecule has 1 aliphatic heterocycles. The molecule has 3 rings (SSSR count). The lowest BCUT2D eigenvalue weighted by Gasteiger charge is -2.11. The van der Waals surface area contributed by atoms with Crippen molar-refractivity contribution < 1.29 is 9.53 Å². The highest BCUT2D eigenvalue weighted by Gasteiger charge is 2.22. The molecule has 0 aliphatic carbocycles. The fourth-order valence-electron chi connectivity index (χ4n) is 2.60. The van der Waals surface area contributed by atoms with Crippen LogP contribution in [-0.2, 0) is 4.74 Å². The number of amides is 1. The summed E-state index contributed by atoms with van der Waals surface area (Å²) in [6, 6.07) is 3.95. The van der Waals surface area contributed by atoms with Crippen LogP contribution in [0.15, 0.2) is 24.5 Å². The molecule has 4 nitrogen and oxygen atoms in total. The van der Waals surface area contributed by atoms with Crippen molar-refractivity contribution in [3.8, 4) is 5.00 Å². The lowest BCUT2D eigenvalue weighted by molar-refractivity contribution is 0.0945. The lowest BCUT2D eigenvalue weighted by Crippen LogP contribution is -2.30. The van der Waals surface area contributed by atoms with E-state index in [-0.39, 0.29) is 5.91 Å². The number of carbonyl (C=O) groups is 1. The molecule has 1 saturated heterocycles. The van der Waals surface area contributed by atoms with Gasteiger partial charge in [-0.25, -0.2) is 0 Å². The van der Waals surface area contributed by atoms with Gasteiger partial charge in [-0.3, -0.25) is 4.79 Å². The first-order valence-electron chi connectivity index (χ1n) is 7.26. The summed E-state index contributed by atoms with van der Waals surface area (Å²) >= 11 is 1.66. The Morgan fingerprint density at radius 1 is 1.43 bits per heavy atom. The summed E-state index contributed by atoms with van der Waals surface area (Å²) in [5, 5.41) is 4.07. The fourth-order valence-corrected chi connectivity index (χ4v) is 3.72. The number of thiophene rings is 1. The maximum atomic E-state index is 12.6. The smallest absolute Gasteiger partial charge is 0.254 e. The molecule has 5 heteroatoms. The maximum absolute atomic E-state index is 12.6. The highest BCUT2D eigenvalue weighted by molar-refractivity contribution is 7.15. The molecule has 0 aromatic carbocycles. The third-order valence-corrected chi connectivity index (χ3v) is 5.23. The number of ether oxygens (including phenoxy) is 1. The van der Waals surface area contributed by atoms with E-state index in [0.717, 1.165) is 35.8 Å². The molecule has 1 aliphatic rings. The van der Waals surface area contributed by atoms with Gasteiger partial charge < -0.3 is 14.6 Å². The monoisotopic (exact) mass is 304 g/mol. The Morgan fingerprint density at radius 3 is 2.86 bits per heavy atom. The normalized spacial score (nSPS) is 18.1. The molecular formula is C16H20N2O2S. The van der Waals surface area contributed by atoms with Gasteiger partial charge in [-0.1, -0.05) is 0 Å². The van der Waals surface area contributed by atoms with E-state index in [4.69, 9.17) is 4.74 Å². The number of hydrogen-bond acceptors (Lipinski definition) is 3. The Balaban J connectivity index is 1.81. The Bertz CT molecular complexity index is 625. The number of aryl methyl sites for hydroxylation is 1. The van der Waals surface area contributed by atoms with Gasteiger partial charge in [-0.15, -0.1) is 11.3 Å². The maximum Gasteiger partial charge on any atom is 0.254 e. The summed E-state index contributed by atoms with van der Waals surface area (Å²) in [6.45, 7) is 6.34. The van der Waals surface area contributed by atoms with Crippen LogP contribution in [0.2, 0.25) is 0 Å². The molecule has 1 atom stereocenters. The fraction of sp³-hybridized carbons (Fsp3) is 0.438. The lowest BCUT2D eigenvalue weighted by atomic mass is 10.1. The molecule has 2 aromatic heterocycles. The zero-order valence-corrected chi connectivity index (χ0v) is 13.2. The molecule has 2 aromatic rings. The third-order valence-electron chi connectivity index (χ3n) is 4.01. The summed E-state index contributed by atoms with van der Waals surface area (Å²) in [5.41, 5.74) is 1.87. The van der Waals surface area contributed by atoms with E-state index < -0.39 is 0 Å². The predicted octanol–water partition coefficient (Wildman–Crippen LogP) is 2.92. The molecule has 3 heterocycles. The van der Waals surface area contributed by atoms with E-state index in [0.29, 0.717) is 12.5 Å². The van der Waals surface area contributed by atoms with Crippen molar-refractivity contribution in [2.75, 3.05) is 19.8 Å². The average molecular weight is 304 g/mol. The Labute approximate surface area is 128 Å². The van der Waals surface area contributed by atoms with Gasteiger partial charge in [-0.05, 0) is 38.0 Å². The summed E-state index contributed by atoms with van der Waals surface area (Å²) in [4.78, 5) is 13.8. The van der Waals surface area contributed by atoms with Crippen LogP contribution in [0.4, 0.5) is 0 Å². The number of carbonyl (C=O) groups excluding carboxylic acids is 1. The summed E-state index contributed by atoms with van der Waals surface area (Å²) in [7, 11) is 0. The van der Waals surface area contributed by atoms with Crippen molar-refractivity contribution in [2.45, 2.75) is 20.3 Å². The van der Waals surface area contributed by atoms with Crippen LogP contribution in [0.1, 0.15) is 27.2 Å². The largest absolute Gasteiger partial charge is 0.381 e. The van der Waals surface area contributed by atoms with Crippen LogP contribution in [-0.4, -0.2) is 30.2 Å². The van der Waals surface area contributed by atoms with Gasteiger partial charge in [-0.2, -0.15) is 0 Å². The standard InChI is InChI=1S/C16H20N2O2S/c1-11-12(2)21-16(18-6-3-4-7-18)14(11)15(19)17-9-13-5-8-20-10-13/h3-4,6-7,13H,5,8-10H2,1-2H3,(H,17,19)/t13-/m0/s1. The molecule has 21 heavy (non-hydrogen) atoms. The van der Waals surface area contributed by atoms with Crippen molar-refractivity contribution in [3.63, 3.8) is 0 Å². The molecule has 0 spiro atoms. The Morgan fingerprint density at radius 2 is 2.19 bits per heavy atom. The SMILES string of the molecule is Cc1sc(-n2cccc2)c(C(=O)NC[C@@H]2CCOC2)c1C. The quantitative estimate of drug-likeness (QED) is 0.944. The number of nitrogens with zero attached hydrogens (tertiary/aromatic N) is 1. The molecule has 1 N–H and O–H groups in total. The van der Waals surface area contributed by atoms with Gasteiger partial charge in [0.2, 0.25) is 0 Å². The molecule has 112 valence electrons. The highest BCUT2D eigenvalue weighted by Crippen LogP contribution is 2.31. The second-order valence-corrected chi connectivity index (χ2v) is 6.70. The number of nitrogens with one attached hydrogen (secondary N) is 1. The zero-order chi connectivity index (χ0) is 14.8. The molecular weight excluding hydrogens is 284 g/mol. The zero-order valence-electron chi connectivity index (χ0n) is 12.4. The molecule has 0 bridgehead atoms. The van der Waals surface area contributed by atoms with E-state index >= 15 is 0 Å². The van der Waals surface area contributed by atoms with E-state index in [1.165, 1.54) is 4.88 Å². The number of aromatic nitrogens is 1. The van der Waals surface area contributed by atoms with Gasteiger partial charge in [0.1, 0.15) is 5.00 Å². The second kappa shape index (κ2) is 6.03. The topological polar surface area (TPSA) is 43.3 Å².